The number of nitrogens with zero attached hydrogens (tertiary/aromatic N) is 1. The summed E-state index contributed by atoms with van der Waals surface area (Å²) in [5, 5.41) is 19.7. The fourth-order valence-electron chi connectivity index (χ4n) is 2.76. The number of hydrogen-bond donors (Lipinski definition) is 1. The van der Waals surface area contributed by atoms with Crippen molar-refractivity contribution in [3.8, 4) is 6.07 Å². The Balaban J connectivity index is 2.55. The molecule has 2 heteroatoms. The molecular weight excluding hydrogens is 210 g/mol. The second-order valence-corrected chi connectivity index (χ2v) is 6.44. The number of aliphatic hydroxyl groups excluding tert-OH is 1. The molecule has 0 bridgehead atoms. The van der Waals surface area contributed by atoms with Crippen molar-refractivity contribution in [2.24, 2.45) is 10.8 Å². The Bertz CT molecular complexity index is 267. The van der Waals surface area contributed by atoms with E-state index >= 15 is 0 Å². The summed E-state index contributed by atoms with van der Waals surface area (Å²) in [6.45, 7) is 6.69. The Morgan fingerprint density at radius 2 is 1.76 bits per heavy atom. The summed E-state index contributed by atoms with van der Waals surface area (Å²) in [7, 11) is 0. The highest BCUT2D eigenvalue weighted by molar-refractivity contribution is 5.06. The average Bonchev–Trinajstić information content (AvgIpc) is 2.30. The van der Waals surface area contributed by atoms with Crippen molar-refractivity contribution in [1.29, 1.82) is 5.26 Å². The van der Waals surface area contributed by atoms with Gasteiger partial charge < -0.3 is 5.11 Å². The van der Waals surface area contributed by atoms with Crippen molar-refractivity contribution < 1.29 is 5.11 Å². The topological polar surface area (TPSA) is 44.0 Å². The molecule has 1 saturated carbocycles. The van der Waals surface area contributed by atoms with Crippen LogP contribution in [0.3, 0.4) is 0 Å². The van der Waals surface area contributed by atoms with Crippen LogP contribution in [0.15, 0.2) is 0 Å². The summed E-state index contributed by atoms with van der Waals surface area (Å²) in [4.78, 5) is 0. The molecule has 0 spiro atoms. The number of rotatable bonds is 5. The van der Waals surface area contributed by atoms with Crippen LogP contribution in [0.5, 0.6) is 0 Å². The van der Waals surface area contributed by atoms with Gasteiger partial charge in [-0.15, -0.1) is 0 Å². The van der Waals surface area contributed by atoms with Gasteiger partial charge in [0.25, 0.3) is 0 Å². The molecule has 1 atom stereocenters. The van der Waals surface area contributed by atoms with Gasteiger partial charge in [0, 0.05) is 0 Å². The van der Waals surface area contributed by atoms with E-state index in [9.17, 15) is 10.4 Å². The predicted molar refractivity (Wildman–Crippen MR) is 70.4 cm³/mol. The van der Waals surface area contributed by atoms with Crippen molar-refractivity contribution in [3.05, 3.63) is 0 Å². The van der Waals surface area contributed by atoms with Gasteiger partial charge in [0.15, 0.2) is 0 Å². The maximum atomic E-state index is 10.3. The molecule has 0 radical (unpaired) electrons. The van der Waals surface area contributed by atoms with Crippen LogP contribution in [0, 0.1) is 22.2 Å². The van der Waals surface area contributed by atoms with Crippen molar-refractivity contribution in [2.45, 2.75) is 78.2 Å². The van der Waals surface area contributed by atoms with E-state index in [0.29, 0.717) is 5.41 Å². The number of hydrogen-bond acceptors (Lipinski definition) is 2. The minimum Gasteiger partial charge on any atom is -0.391 e. The second-order valence-electron chi connectivity index (χ2n) is 6.44. The van der Waals surface area contributed by atoms with Crippen molar-refractivity contribution in [1.82, 2.24) is 0 Å². The lowest BCUT2D eigenvalue weighted by Gasteiger charge is -2.41. The highest BCUT2D eigenvalue weighted by atomic mass is 16.3. The molecule has 1 fully saturated rings. The number of unbranched alkanes of at least 4 members (excludes halogenated alkanes) is 2. The monoisotopic (exact) mass is 237 g/mol. The van der Waals surface area contributed by atoms with E-state index in [0.717, 1.165) is 44.9 Å². The summed E-state index contributed by atoms with van der Waals surface area (Å²) in [5.41, 5.74) is -0.104. The van der Waals surface area contributed by atoms with Crippen LogP contribution >= 0.6 is 0 Å². The van der Waals surface area contributed by atoms with E-state index in [2.05, 4.69) is 26.8 Å². The van der Waals surface area contributed by atoms with Crippen LogP contribution in [0.1, 0.15) is 72.1 Å². The largest absolute Gasteiger partial charge is 0.391 e. The Labute approximate surface area is 106 Å². The highest BCUT2D eigenvalue weighted by Crippen LogP contribution is 2.47. The van der Waals surface area contributed by atoms with Gasteiger partial charge in [-0.2, -0.15) is 5.26 Å². The minimum absolute atomic E-state index is 0.351. The highest BCUT2D eigenvalue weighted by Gasteiger charge is 2.43. The molecule has 2 nitrogen and oxygen atoms in total. The van der Waals surface area contributed by atoms with Crippen LogP contribution in [0.2, 0.25) is 0 Å². The molecule has 0 aliphatic heterocycles. The molecule has 0 heterocycles. The third-order valence-corrected chi connectivity index (χ3v) is 4.44. The molecule has 1 aliphatic rings. The van der Waals surface area contributed by atoms with Crippen molar-refractivity contribution >= 4 is 0 Å². The molecule has 1 unspecified atom stereocenters. The number of aliphatic hydroxyl groups is 1. The quantitative estimate of drug-likeness (QED) is 0.733. The van der Waals surface area contributed by atoms with Crippen LogP contribution in [0.25, 0.3) is 0 Å². The lowest BCUT2D eigenvalue weighted by molar-refractivity contribution is 0.00474. The molecule has 1 rings (SSSR count). The Morgan fingerprint density at radius 3 is 2.24 bits per heavy atom. The second kappa shape index (κ2) is 5.87. The summed E-state index contributed by atoms with van der Waals surface area (Å²) in [5.74, 6) is 0. The standard InChI is InChI=1S/C15H27NO/c1-4-5-6-7-13(17)15(12-16)10-8-14(2,3)9-11-15/h13,17H,4-11H2,1-3H3. The Hall–Kier alpha value is -0.550. The van der Waals surface area contributed by atoms with Crippen LogP contribution in [-0.2, 0) is 0 Å². The normalized spacial score (nSPS) is 23.9. The summed E-state index contributed by atoms with van der Waals surface area (Å²) in [6, 6.07) is 2.43. The minimum atomic E-state index is -0.455. The van der Waals surface area contributed by atoms with E-state index in [1.165, 1.54) is 6.42 Å². The van der Waals surface area contributed by atoms with E-state index < -0.39 is 11.5 Å². The van der Waals surface area contributed by atoms with Gasteiger partial charge in [-0.25, -0.2) is 0 Å². The van der Waals surface area contributed by atoms with Crippen LogP contribution < -0.4 is 0 Å². The third kappa shape index (κ3) is 3.71. The van der Waals surface area contributed by atoms with E-state index in [1.54, 1.807) is 0 Å². The Morgan fingerprint density at radius 1 is 1.18 bits per heavy atom. The first-order valence-electron chi connectivity index (χ1n) is 7.05. The Kier molecular flexibility index (Phi) is 5.01. The van der Waals surface area contributed by atoms with Gasteiger partial charge in [-0.1, -0.05) is 40.0 Å². The van der Waals surface area contributed by atoms with Crippen LogP contribution in [-0.4, -0.2) is 11.2 Å². The summed E-state index contributed by atoms with van der Waals surface area (Å²) < 4.78 is 0. The predicted octanol–water partition coefficient (Wildman–Crippen LogP) is 4.04. The molecule has 0 saturated heterocycles. The molecule has 0 aromatic carbocycles. The zero-order chi connectivity index (χ0) is 12.9. The first kappa shape index (κ1) is 14.5. The lowest BCUT2D eigenvalue weighted by Crippen LogP contribution is -2.39. The molecule has 98 valence electrons. The smallest absolute Gasteiger partial charge is 0.0832 e. The molecule has 0 aromatic heterocycles. The molecule has 17 heavy (non-hydrogen) atoms. The fourth-order valence-corrected chi connectivity index (χ4v) is 2.76. The van der Waals surface area contributed by atoms with Gasteiger partial charge in [0.2, 0.25) is 0 Å². The fraction of sp³-hybridized carbons (Fsp3) is 0.933. The van der Waals surface area contributed by atoms with Gasteiger partial charge in [-0.05, 0) is 37.5 Å². The van der Waals surface area contributed by atoms with Crippen LogP contribution in [0.4, 0.5) is 0 Å². The molecule has 0 aromatic rings. The lowest BCUT2D eigenvalue weighted by atomic mass is 9.63. The zero-order valence-corrected chi connectivity index (χ0v) is 11.6. The zero-order valence-electron chi connectivity index (χ0n) is 11.6. The van der Waals surface area contributed by atoms with E-state index in [-0.39, 0.29) is 0 Å². The molecule has 0 amide bonds. The molecule has 1 aliphatic carbocycles. The summed E-state index contributed by atoms with van der Waals surface area (Å²) in [6.07, 6.45) is 7.59. The number of nitriles is 1. The van der Waals surface area contributed by atoms with Gasteiger partial charge in [0.1, 0.15) is 0 Å². The maximum Gasteiger partial charge on any atom is 0.0832 e. The van der Waals surface area contributed by atoms with Crippen molar-refractivity contribution in [2.75, 3.05) is 0 Å². The first-order valence-corrected chi connectivity index (χ1v) is 7.05. The SMILES string of the molecule is CCCCCC(O)C1(C#N)CCC(C)(C)CC1. The molecular formula is C15H27NO. The van der Waals surface area contributed by atoms with E-state index in [1.807, 2.05) is 0 Å². The third-order valence-electron chi connectivity index (χ3n) is 4.44. The van der Waals surface area contributed by atoms with Gasteiger partial charge in [0.05, 0.1) is 17.6 Å². The summed E-state index contributed by atoms with van der Waals surface area (Å²) >= 11 is 0. The van der Waals surface area contributed by atoms with Crippen molar-refractivity contribution in [3.63, 3.8) is 0 Å². The van der Waals surface area contributed by atoms with Gasteiger partial charge in [-0.3, -0.25) is 0 Å². The maximum absolute atomic E-state index is 10.3. The van der Waals surface area contributed by atoms with E-state index in [4.69, 9.17) is 0 Å². The molecule has 1 N–H and O–H groups in total. The average molecular weight is 237 g/mol. The first-order chi connectivity index (χ1) is 7.96. The van der Waals surface area contributed by atoms with Gasteiger partial charge >= 0.3 is 0 Å².